The van der Waals surface area contributed by atoms with Gasteiger partial charge in [0.1, 0.15) is 4.88 Å². The van der Waals surface area contributed by atoms with Gasteiger partial charge in [0.15, 0.2) is 4.96 Å². The van der Waals surface area contributed by atoms with Gasteiger partial charge in [-0.25, -0.2) is 9.78 Å². The van der Waals surface area contributed by atoms with E-state index >= 15 is 0 Å². The van der Waals surface area contributed by atoms with Crippen LogP contribution in [-0.2, 0) is 0 Å². The summed E-state index contributed by atoms with van der Waals surface area (Å²) >= 11 is 4.55. The molecular weight excluding hydrogens is 316 g/mol. The van der Waals surface area contributed by atoms with Crippen molar-refractivity contribution in [2.24, 2.45) is 0 Å². The van der Waals surface area contributed by atoms with E-state index < -0.39 is 5.97 Å². The Hall–Kier alpha value is -1.66. The number of carbonyl (C=O) groups is 1. The zero-order valence-corrected chi connectivity index (χ0v) is 11.4. The van der Waals surface area contributed by atoms with Crippen LogP contribution in [0.5, 0.6) is 0 Å². The molecule has 2 aromatic heterocycles. The van der Waals surface area contributed by atoms with E-state index in [4.69, 9.17) is 5.11 Å². The average molecular weight is 323 g/mol. The molecule has 6 heteroatoms. The Morgan fingerprint density at radius 3 is 2.61 bits per heavy atom. The number of thiazole rings is 1. The molecule has 0 aliphatic heterocycles. The summed E-state index contributed by atoms with van der Waals surface area (Å²) in [6.45, 7) is 0. The highest BCUT2D eigenvalue weighted by Crippen LogP contribution is 2.25. The van der Waals surface area contributed by atoms with Crippen LogP contribution < -0.4 is 0 Å². The number of carboxylic acids is 1. The van der Waals surface area contributed by atoms with Crippen LogP contribution in [0.2, 0.25) is 0 Å². The van der Waals surface area contributed by atoms with Gasteiger partial charge in [0.2, 0.25) is 0 Å². The summed E-state index contributed by atoms with van der Waals surface area (Å²) in [5.41, 5.74) is 1.84. The molecule has 90 valence electrons. The van der Waals surface area contributed by atoms with E-state index in [9.17, 15) is 4.79 Å². The summed E-state index contributed by atoms with van der Waals surface area (Å²) in [4.78, 5) is 16.2. The monoisotopic (exact) mass is 322 g/mol. The number of hydrogen-bond acceptors (Lipinski definition) is 3. The first-order valence-electron chi connectivity index (χ1n) is 5.11. The highest BCUT2D eigenvalue weighted by atomic mass is 79.9. The van der Waals surface area contributed by atoms with Gasteiger partial charge in [-0.15, -0.1) is 0 Å². The standard InChI is InChI=1S/C12H7BrN2O2S/c13-8-3-1-7(2-4-8)9-5-15-6-10(11(16)17)18-12(15)14-9/h1-6H,(H,16,17). The minimum atomic E-state index is -0.921. The number of nitrogens with zero attached hydrogens (tertiary/aromatic N) is 2. The van der Waals surface area contributed by atoms with Crippen LogP contribution in [-0.4, -0.2) is 20.5 Å². The van der Waals surface area contributed by atoms with E-state index in [1.807, 2.05) is 30.5 Å². The van der Waals surface area contributed by atoms with Gasteiger partial charge in [-0.05, 0) is 12.1 Å². The smallest absolute Gasteiger partial charge is 0.347 e. The summed E-state index contributed by atoms with van der Waals surface area (Å²) in [6.07, 6.45) is 3.42. The van der Waals surface area contributed by atoms with Crippen molar-refractivity contribution in [3.8, 4) is 11.3 Å². The maximum Gasteiger partial charge on any atom is 0.347 e. The molecule has 2 heterocycles. The third kappa shape index (κ3) is 1.93. The maximum atomic E-state index is 10.8. The minimum absolute atomic E-state index is 0.292. The molecule has 0 aliphatic carbocycles. The zero-order chi connectivity index (χ0) is 12.7. The normalized spacial score (nSPS) is 10.9. The van der Waals surface area contributed by atoms with Gasteiger partial charge in [0, 0.05) is 22.4 Å². The van der Waals surface area contributed by atoms with Gasteiger partial charge in [-0.2, -0.15) is 0 Å². The lowest BCUT2D eigenvalue weighted by molar-refractivity contribution is 0.0702. The summed E-state index contributed by atoms with van der Waals surface area (Å²) < 4.78 is 2.76. The molecule has 3 rings (SSSR count). The highest BCUT2D eigenvalue weighted by molar-refractivity contribution is 9.10. The maximum absolute atomic E-state index is 10.8. The Bertz CT molecular complexity index is 699. The molecule has 1 aromatic carbocycles. The lowest BCUT2D eigenvalue weighted by atomic mass is 10.2. The van der Waals surface area contributed by atoms with Crippen molar-refractivity contribution in [2.75, 3.05) is 0 Å². The van der Waals surface area contributed by atoms with Crippen molar-refractivity contribution < 1.29 is 9.90 Å². The number of halogens is 1. The van der Waals surface area contributed by atoms with Gasteiger partial charge in [0.25, 0.3) is 0 Å². The summed E-state index contributed by atoms with van der Waals surface area (Å²) in [5, 5.41) is 8.89. The van der Waals surface area contributed by atoms with Crippen LogP contribution in [0.3, 0.4) is 0 Å². The molecule has 4 nitrogen and oxygen atoms in total. The van der Waals surface area contributed by atoms with E-state index in [-0.39, 0.29) is 0 Å². The van der Waals surface area contributed by atoms with Crippen LogP contribution in [0.1, 0.15) is 9.67 Å². The fraction of sp³-hybridized carbons (Fsp3) is 0. The first kappa shape index (κ1) is 11.4. The van der Waals surface area contributed by atoms with Gasteiger partial charge in [-0.1, -0.05) is 39.4 Å². The van der Waals surface area contributed by atoms with Gasteiger partial charge >= 0.3 is 5.97 Å². The highest BCUT2D eigenvalue weighted by Gasteiger charge is 2.11. The third-order valence-corrected chi connectivity index (χ3v) is 4.02. The first-order chi connectivity index (χ1) is 8.63. The molecule has 0 saturated carbocycles. The summed E-state index contributed by atoms with van der Waals surface area (Å²) in [5.74, 6) is -0.921. The van der Waals surface area contributed by atoms with Gasteiger partial charge in [-0.3, -0.25) is 4.40 Å². The van der Waals surface area contributed by atoms with Crippen molar-refractivity contribution in [1.29, 1.82) is 0 Å². The molecule has 1 N–H and O–H groups in total. The number of imidazole rings is 1. The Kier molecular flexibility index (Phi) is 2.68. The molecule has 18 heavy (non-hydrogen) atoms. The van der Waals surface area contributed by atoms with Crippen molar-refractivity contribution in [2.45, 2.75) is 0 Å². The molecule has 3 aromatic rings. The molecule has 0 spiro atoms. The predicted molar refractivity (Wildman–Crippen MR) is 73.2 cm³/mol. The fourth-order valence-corrected chi connectivity index (χ4v) is 2.72. The van der Waals surface area contributed by atoms with Gasteiger partial charge < -0.3 is 5.11 Å². The molecular formula is C12H7BrN2O2S. The molecule has 0 saturated heterocycles. The number of rotatable bonds is 2. The minimum Gasteiger partial charge on any atom is -0.477 e. The summed E-state index contributed by atoms with van der Waals surface area (Å²) in [6, 6.07) is 7.83. The van der Waals surface area contributed by atoms with E-state index in [2.05, 4.69) is 20.9 Å². The topological polar surface area (TPSA) is 54.6 Å². The van der Waals surface area contributed by atoms with Crippen molar-refractivity contribution >= 4 is 38.2 Å². The average Bonchev–Trinajstić information content (AvgIpc) is 2.87. The van der Waals surface area contributed by atoms with Crippen LogP contribution >= 0.6 is 27.3 Å². The van der Waals surface area contributed by atoms with Crippen LogP contribution in [0, 0.1) is 0 Å². The lowest BCUT2D eigenvalue weighted by Crippen LogP contribution is -1.90. The number of fused-ring (bicyclic) bond motifs is 1. The third-order valence-electron chi connectivity index (χ3n) is 2.51. The Labute approximate surface area is 115 Å². The number of benzene rings is 1. The molecule has 0 amide bonds. The molecule has 0 aliphatic rings. The SMILES string of the molecule is O=C(O)c1cn2cc(-c3ccc(Br)cc3)nc2s1. The van der Waals surface area contributed by atoms with Crippen LogP contribution in [0.4, 0.5) is 0 Å². The molecule has 0 bridgehead atoms. The predicted octanol–water partition coefficient (Wildman–Crippen LogP) is 3.52. The van der Waals surface area contributed by atoms with Crippen molar-refractivity contribution in [3.05, 3.63) is 46.0 Å². The number of hydrogen-bond donors (Lipinski definition) is 1. The number of carboxylic acid groups (broad SMARTS) is 1. The van der Waals surface area contributed by atoms with E-state index in [1.165, 1.54) is 11.3 Å². The number of aromatic carboxylic acids is 1. The second-order valence-corrected chi connectivity index (χ2v) is 5.65. The van der Waals surface area contributed by atoms with Gasteiger partial charge in [0.05, 0.1) is 5.69 Å². The lowest BCUT2D eigenvalue weighted by Gasteiger charge is -1.95. The van der Waals surface area contributed by atoms with Crippen LogP contribution in [0.15, 0.2) is 41.1 Å². The fourth-order valence-electron chi connectivity index (χ4n) is 1.65. The molecule has 0 radical (unpaired) electrons. The Balaban J connectivity index is 2.06. The second-order valence-electron chi connectivity index (χ2n) is 3.72. The quantitative estimate of drug-likeness (QED) is 0.785. The van der Waals surface area contributed by atoms with E-state index in [1.54, 1.807) is 10.6 Å². The Morgan fingerprint density at radius 2 is 2.00 bits per heavy atom. The number of aromatic nitrogens is 2. The first-order valence-corrected chi connectivity index (χ1v) is 6.72. The summed E-state index contributed by atoms with van der Waals surface area (Å²) in [7, 11) is 0. The van der Waals surface area contributed by atoms with Crippen LogP contribution in [0.25, 0.3) is 16.2 Å². The largest absolute Gasteiger partial charge is 0.477 e. The Morgan fingerprint density at radius 1 is 1.28 bits per heavy atom. The molecule has 0 atom stereocenters. The van der Waals surface area contributed by atoms with E-state index in [0.717, 1.165) is 15.7 Å². The second kappa shape index (κ2) is 4.22. The van der Waals surface area contributed by atoms with Crippen molar-refractivity contribution in [3.63, 3.8) is 0 Å². The van der Waals surface area contributed by atoms with Crippen molar-refractivity contribution in [1.82, 2.24) is 9.38 Å². The van der Waals surface area contributed by atoms with E-state index in [0.29, 0.717) is 9.84 Å². The zero-order valence-electron chi connectivity index (χ0n) is 9.00. The molecule has 0 unspecified atom stereocenters. The molecule has 0 fully saturated rings.